The number of pyridine rings is 1. The molecule has 1 aliphatic carbocycles. The number of aromatic nitrogens is 1. The molecule has 1 heterocycles. The van der Waals surface area contributed by atoms with Gasteiger partial charge < -0.3 is 4.74 Å². The lowest BCUT2D eigenvalue weighted by Gasteiger charge is -2.12. The topological polar surface area (TPSA) is 22.1 Å². The molecule has 2 rings (SSSR count). The normalized spacial score (nSPS) is 16.4. The van der Waals surface area contributed by atoms with E-state index in [1.165, 1.54) is 6.20 Å². The molecule has 2 nitrogen and oxygen atoms in total. The van der Waals surface area contributed by atoms with E-state index in [0.29, 0.717) is 0 Å². The van der Waals surface area contributed by atoms with Crippen LogP contribution < -0.4 is 4.74 Å². The quantitative estimate of drug-likeness (QED) is 0.513. The first-order valence-electron chi connectivity index (χ1n) is 4.28. The minimum absolute atomic E-state index is 0.0821. The summed E-state index contributed by atoms with van der Waals surface area (Å²) in [6.45, 7) is 0. The van der Waals surface area contributed by atoms with Crippen LogP contribution in [0, 0.1) is 5.95 Å². The van der Waals surface area contributed by atoms with Crippen LogP contribution in [-0.4, -0.2) is 11.1 Å². The van der Waals surface area contributed by atoms with Crippen molar-refractivity contribution in [3.63, 3.8) is 0 Å². The zero-order valence-electron chi connectivity index (χ0n) is 7.11. The number of halogens is 1. The van der Waals surface area contributed by atoms with Gasteiger partial charge in [0.1, 0.15) is 6.10 Å². The zero-order chi connectivity index (χ0) is 9.10. The molecule has 0 fully saturated rings. The number of rotatable bonds is 2. The van der Waals surface area contributed by atoms with Crippen LogP contribution in [0.1, 0.15) is 12.8 Å². The third kappa shape index (κ3) is 1.86. The number of ether oxygens (including phenoxy) is 1. The first-order chi connectivity index (χ1) is 6.36. The molecule has 68 valence electrons. The Morgan fingerprint density at radius 2 is 2.15 bits per heavy atom. The van der Waals surface area contributed by atoms with Gasteiger partial charge in [-0.25, -0.2) is 4.98 Å². The minimum Gasteiger partial charge on any atom is -0.485 e. The second kappa shape index (κ2) is 3.56. The molecule has 0 amide bonds. The second-order valence-electron chi connectivity index (χ2n) is 2.98. The van der Waals surface area contributed by atoms with E-state index in [1.54, 1.807) is 12.1 Å². The van der Waals surface area contributed by atoms with Crippen LogP contribution in [0.3, 0.4) is 0 Å². The average Bonchev–Trinajstić information content (AvgIpc) is 2.61. The summed E-state index contributed by atoms with van der Waals surface area (Å²) in [7, 11) is 0. The molecule has 0 bridgehead atoms. The SMILES string of the molecule is Fc1ncccc1OC1CC=CC1. The summed E-state index contributed by atoms with van der Waals surface area (Å²) in [6.07, 6.45) is 7.29. The van der Waals surface area contributed by atoms with E-state index in [2.05, 4.69) is 4.98 Å². The summed E-state index contributed by atoms with van der Waals surface area (Å²) in [4.78, 5) is 3.51. The van der Waals surface area contributed by atoms with Crippen LogP contribution in [0.25, 0.3) is 0 Å². The summed E-state index contributed by atoms with van der Waals surface area (Å²) in [6, 6.07) is 3.27. The van der Waals surface area contributed by atoms with Crippen molar-refractivity contribution >= 4 is 0 Å². The highest BCUT2D eigenvalue weighted by Gasteiger charge is 2.13. The summed E-state index contributed by atoms with van der Waals surface area (Å²) in [5, 5.41) is 0. The zero-order valence-corrected chi connectivity index (χ0v) is 7.11. The molecular formula is C10H10FNO. The highest BCUT2D eigenvalue weighted by molar-refractivity contribution is 5.18. The average molecular weight is 179 g/mol. The van der Waals surface area contributed by atoms with E-state index in [4.69, 9.17) is 4.74 Å². The van der Waals surface area contributed by atoms with Gasteiger partial charge in [-0.15, -0.1) is 0 Å². The Bertz CT molecular complexity index is 316. The molecule has 0 unspecified atom stereocenters. The minimum atomic E-state index is -0.533. The lowest BCUT2D eigenvalue weighted by atomic mass is 10.3. The van der Waals surface area contributed by atoms with Crippen LogP contribution in [-0.2, 0) is 0 Å². The Hall–Kier alpha value is -1.38. The van der Waals surface area contributed by atoms with Crippen molar-refractivity contribution in [2.24, 2.45) is 0 Å². The maximum atomic E-state index is 13.0. The van der Waals surface area contributed by atoms with Gasteiger partial charge in [-0.3, -0.25) is 0 Å². The molecule has 1 aromatic heterocycles. The van der Waals surface area contributed by atoms with Crippen LogP contribution >= 0.6 is 0 Å². The third-order valence-corrected chi connectivity index (χ3v) is 1.98. The van der Waals surface area contributed by atoms with E-state index < -0.39 is 5.95 Å². The smallest absolute Gasteiger partial charge is 0.255 e. The van der Waals surface area contributed by atoms with Crippen molar-refractivity contribution < 1.29 is 9.13 Å². The number of nitrogens with zero attached hydrogens (tertiary/aromatic N) is 1. The third-order valence-electron chi connectivity index (χ3n) is 1.98. The van der Waals surface area contributed by atoms with Crippen LogP contribution in [0.4, 0.5) is 4.39 Å². The summed E-state index contributed by atoms with van der Waals surface area (Å²) >= 11 is 0. The lowest BCUT2D eigenvalue weighted by molar-refractivity contribution is 0.204. The molecule has 0 saturated heterocycles. The van der Waals surface area contributed by atoms with Crippen LogP contribution in [0.5, 0.6) is 5.75 Å². The van der Waals surface area contributed by atoms with E-state index in [-0.39, 0.29) is 11.9 Å². The summed E-state index contributed by atoms with van der Waals surface area (Å²) in [5.41, 5.74) is 0. The van der Waals surface area contributed by atoms with Crippen molar-refractivity contribution in [3.05, 3.63) is 36.4 Å². The van der Waals surface area contributed by atoms with Gasteiger partial charge in [0.15, 0.2) is 5.75 Å². The molecule has 0 aliphatic heterocycles. The molecule has 0 saturated carbocycles. The standard InChI is InChI=1S/C10H10FNO/c11-10-9(6-3-7-12-10)13-8-4-1-2-5-8/h1-3,6-8H,4-5H2. The predicted molar refractivity (Wildman–Crippen MR) is 47.0 cm³/mol. The van der Waals surface area contributed by atoms with Crippen molar-refractivity contribution in [2.45, 2.75) is 18.9 Å². The predicted octanol–water partition coefficient (Wildman–Crippen LogP) is 2.32. The van der Waals surface area contributed by atoms with Gasteiger partial charge in [0, 0.05) is 19.0 Å². The first-order valence-corrected chi connectivity index (χ1v) is 4.28. The summed E-state index contributed by atoms with van der Waals surface area (Å²) < 4.78 is 18.4. The maximum Gasteiger partial charge on any atom is 0.255 e. The molecule has 1 aliphatic rings. The molecule has 0 aromatic carbocycles. The van der Waals surface area contributed by atoms with Crippen molar-refractivity contribution in [3.8, 4) is 5.75 Å². The van der Waals surface area contributed by atoms with E-state index in [9.17, 15) is 4.39 Å². The van der Waals surface area contributed by atoms with Crippen molar-refractivity contribution in [1.82, 2.24) is 4.98 Å². The maximum absolute atomic E-state index is 13.0. The fraction of sp³-hybridized carbons (Fsp3) is 0.300. The molecule has 0 atom stereocenters. The highest BCUT2D eigenvalue weighted by Crippen LogP contribution is 2.20. The molecule has 1 aromatic rings. The lowest BCUT2D eigenvalue weighted by Crippen LogP contribution is -2.12. The van der Waals surface area contributed by atoms with Crippen LogP contribution in [0.15, 0.2) is 30.5 Å². The Balaban J connectivity index is 2.05. The molecule has 3 heteroatoms. The van der Waals surface area contributed by atoms with E-state index >= 15 is 0 Å². The van der Waals surface area contributed by atoms with Gasteiger partial charge >= 0.3 is 0 Å². The monoisotopic (exact) mass is 179 g/mol. The van der Waals surface area contributed by atoms with Gasteiger partial charge in [0.2, 0.25) is 0 Å². The van der Waals surface area contributed by atoms with Gasteiger partial charge in [-0.05, 0) is 12.1 Å². The number of hydrogen-bond acceptors (Lipinski definition) is 2. The fourth-order valence-corrected chi connectivity index (χ4v) is 1.33. The molecule has 13 heavy (non-hydrogen) atoms. The van der Waals surface area contributed by atoms with E-state index in [0.717, 1.165) is 12.8 Å². The molecular weight excluding hydrogens is 169 g/mol. The second-order valence-corrected chi connectivity index (χ2v) is 2.98. The first kappa shape index (κ1) is 8.23. The number of hydrogen-bond donors (Lipinski definition) is 0. The van der Waals surface area contributed by atoms with Gasteiger partial charge in [-0.2, -0.15) is 4.39 Å². The Morgan fingerprint density at radius 3 is 2.85 bits per heavy atom. The van der Waals surface area contributed by atoms with E-state index in [1.807, 2.05) is 12.2 Å². The summed E-state index contributed by atoms with van der Waals surface area (Å²) in [5.74, 6) is -0.286. The Kier molecular flexibility index (Phi) is 2.25. The molecule has 0 spiro atoms. The van der Waals surface area contributed by atoms with Crippen molar-refractivity contribution in [1.29, 1.82) is 0 Å². The van der Waals surface area contributed by atoms with Gasteiger partial charge in [0.25, 0.3) is 5.95 Å². The van der Waals surface area contributed by atoms with Crippen molar-refractivity contribution in [2.75, 3.05) is 0 Å². The highest BCUT2D eigenvalue weighted by atomic mass is 19.1. The van der Waals surface area contributed by atoms with Gasteiger partial charge in [-0.1, -0.05) is 12.2 Å². The largest absolute Gasteiger partial charge is 0.485 e. The Morgan fingerprint density at radius 1 is 1.38 bits per heavy atom. The van der Waals surface area contributed by atoms with Gasteiger partial charge in [0.05, 0.1) is 0 Å². The Labute approximate surface area is 76.1 Å². The van der Waals surface area contributed by atoms with Crippen LogP contribution in [0.2, 0.25) is 0 Å². The fourth-order valence-electron chi connectivity index (χ4n) is 1.33. The molecule has 0 radical (unpaired) electrons. The molecule has 0 N–H and O–H groups in total.